The van der Waals surface area contributed by atoms with Crippen molar-refractivity contribution in [1.29, 1.82) is 0 Å². The first-order valence-electron chi connectivity index (χ1n) is 0. The summed E-state index contributed by atoms with van der Waals surface area (Å²) in [6, 6.07) is 0. The van der Waals surface area contributed by atoms with Crippen LogP contribution in [-0.4, -0.2) is 0 Å². The van der Waals surface area contributed by atoms with Crippen molar-refractivity contribution in [2.45, 2.75) is 0 Å². The summed E-state index contributed by atoms with van der Waals surface area (Å²) in [5.74, 6) is 0. The summed E-state index contributed by atoms with van der Waals surface area (Å²) < 4.78 is 0. The second-order valence-corrected chi connectivity index (χ2v) is 0. The Morgan fingerprint density at radius 3 is 0.0345 bits per heavy atom. The van der Waals surface area contributed by atoms with E-state index in [0.29, 0.717) is 0 Å². The Kier molecular flexibility index (Phi) is 2590. The van der Waals surface area contributed by atoms with Crippen LogP contribution in [0.25, 0.3) is 0 Å². The third-order valence-electron chi connectivity index (χ3n) is 0. The van der Waals surface area contributed by atoms with Gasteiger partial charge in [0, 0.05) is 611 Å². The molecule has 0 N–H and O–H groups in total. The molecule has 0 heterocycles. The topological polar surface area (TPSA) is 0 Å². The van der Waals surface area contributed by atoms with Crippen molar-refractivity contribution in [3.05, 3.63) is 0 Å². The first-order valence-corrected chi connectivity index (χ1v) is 0. The van der Waals surface area contributed by atoms with Crippen molar-refractivity contribution in [2.24, 2.45) is 0 Å². The molecule has 0 aromatic carbocycles. The van der Waals surface area contributed by atoms with E-state index in [-0.39, 0.29) is 611 Å². The minimum Gasteiger partial charge on any atom is 0 e. The molecule has 0 saturated carbocycles. The third kappa shape index (κ3) is 254. The quantitative estimate of drug-likeness (QED) is 0.320. The van der Waals surface area contributed by atoms with Crippen LogP contribution in [0.5, 0.6) is 0 Å². The van der Waals surface area contributed by atoms with Gasteiger partial charge in [0.2, 0.25) is 0 Å². The van der Waals surface area contributed by atoms with Crippen molar-refractivity contribution in [2.75, 3.05) is 0 Å². The van der Waals surface area contributed by atoms with Gasteiger partial charge in [0.15, 0.2) is 0 Å². The van der Waals surface area contributed by atoms with E-state index in [1.165, 1.54) is 0 Å². The van der Waals surface area contributed by atoms with Gasteiger partial charge >= 0.3 is 0 Å². The van der Waals surface area contributed by atoms with Gasteiger partial charge in [-0.05, 0) is 0 Å². The summed E-state index contributed by atoms with van der Waals surface area (Å²) in [6.45, 7) is 0. The number of hydrogen-bond donors (Lipinski definition) is 0. The van der Waals surface area contributed by atoms with E-state index in [1.807, 2.05) is 0 Å². The Morgan fingerprint density at radius 2 is 0.0345 bits per heavy atom. The summed E-state index contributed by atoms with van der Waals surface area (Å²) in [6.07, 6.45) is 0. The van der Waals surface area contributed by atoms with E-state index in [2.05, 4.69) is 0 Å². The van der Waals surface area contributed by atoms with Crippen LogP contribution in [0.4, 0.5) is 0 Å². The van der Waals surface area contributed by atoms with Gasteiger partial charge in [0.05, 0.1) is 0 Å². The molecule has 29 heteroatoms. The summed E-state index contributed by atoms with van der Waals surface area (Å²) in [4.78, 5) is 0. The Balaban J connectivity index is 0. The van der Waals surface area contributed by atoms with Gasteiger partial charge in [-0.25, -0.2) is 0 Å². The average Bonchev–Trinajstić information content (AvgIpc) is 0. The fourth-order valence-electron chi connectivity index (χ4n) is 0. The molecule has 0 atom stereocenters. The molecule has 29 heavy (non-hydrogen) atoms. The smallest absolute Gasteiger partial charge is 0 e. The van der Waals surface area contributed by atoms with Gasteiger partial charge in [-0.1, -0.05) is 0 Å². The molecule has 0 saturated heterocycles. The first-order chi connectivity index (χ1) is 0. The monoisotopic (exact) mass is 5650 g/mol. The van der Waals surface area contributed by atoms with Crippen molar-refractivity contribution >= 4 is 0 Å². The maximum atomic E-state index is 0. The molecule has 0 amide bonds. The molecule has 0 aliphatic carbocycles. The van der Waals surface area contributed by atoms with Crippen LogP contribution in [-0.2, 0) is 611 Å². The zero-order valence-corrected chi connectivity index (χ0v) is 75.1. The molecule has 290 valence electrons. The van der Waals surface area contributed by atoms with Crippen LogP contribution < -0.4 is 0 Å². The minimum atomic E-state index is 0. The maximum absolute atomic E-state index is 0. The summed E-state index contributed by atoms with van der Waals surface area (Å²) in [5, 5.41) is 0. The van der Waals surface area contributed by atoms with Gasteiger partial charge in [0.25, 0.3) is 0 Å². The minimum absolute atomic E-state index is 0. The van der Waals surface area contributed by atoms with Gasteiger partial charge in [0.1, 0.15) is 0 Å². The van der Waals surface area contributed by atoms with Crippen LogP contribution in [0.3, 0.4) is 0 Å². The Labute approximate surface area is 593 Å². The van der Waals surface area contributed by atoms with E-state index in [1.54, 1.807) is 0 Å². The van der Waals surface area contributed by atoms with E-state index < -0.39 is 0 Å². The predicted molar refractivity (Wildman–Crippen MR) is 0 cm³/mol. The summed E-state index contributed by atoms with van der Waals surface area (Å²) >= 11 is 0. The molecule has 0 radical (unpaired) electrons. The second kappa shape index (κ2) is 265. The summed E-state index contributed by atoms with van der Waals surface area (Å²) in [7, 11) is 0. The van der Waals surface area contributed by atoms with Crippen LogP contribution in [0.1, 0.15) is 0 Å². The molecule has 0 aromatic heterocycles. The Hall–Kier alpha value is 20.0. The molecule has 0 fully saturated rings. The van der Waals surface area contributed by atoms with E-state index in [4.69, 9.17) is 0 Å². The predicted octanol–water partition coefficient (Wildman–Crippen LogP) is -0.0725. The van der Waals surface area contributed by atoms with Crippen molar-refractivity contribution < 1.29 is 611 Å². The molecule has 0 unspecified atom stereocenters. The van der Waals surface area contributed by atoms with Crippen molar-refractivity contribution in [3.63, 3.8) is 0 Å². The van der Waals surface area contributed by atoms with E-state index in [0.717, 1.165) is 0 Å². The van der Waals surface area contributed by atoms with Crippen molar-refractivity contribution in [1.82, 2.24) is 0 Å². The fourth-order valence-corrected chi connectivity index (χ4v) is 0. The largest absolute Gasteiger partial charge is 0 e. The molecule has 0 spiro atoms. The van der Waals surface area contributed by atoms with Crippen LogP contribution in [0, 0.1) is 0 Å². The SMILES string of the molecule is [Pt].[Pt].[Pt].[Pt].[Pt].[Pt].[Pt].[Pt].[Pt].[Pt].[Pt].[Pt].[Pt].[Pt].[Pt].[Pt].[Pt].[Pt].[Pt].[Pt].[Pt].[Pt].[Pt].[Pt].[Pt].[Pt].[Pt].[Pt].[Pt]. The van der Waals surface area contributed by atoms with Crippen molar-refractivity contribution in [3.8, 4) is 0 Å². The van der Waals surface area contributed by atoms with Gasteiger partial charge in [-0.15, -0.1) is 0 Å². The zero-order valence-electron chi connectivity index (χ0n) is 9.17. The zero-order chi connectivity index (χ0) is 0. The molecule has 0 aliphatic rings. The molecule has 0 bridgehead atoms. The molecular formula is Pt29. The van der Waals surface area contributed by atoms with E-state index >= 15 is 0 Å². The number of rotatable bonds is 0. The molecule has 0 rings (SSSR count). The van der Waals surface area contributed by atoms with Crippen LogP contribution in [0.15, 0.2) is 0 Å². The standard InChI is InChI=1S/29Pt. The van der Waals surface area contributed by atoms with Gasteiger partial charge < -0.3 is 0 Å². The first kappa shape index (κ1) is 283. The van der Waals surface area contributed by atoms with Crippen LogP contribution in [0.2, 0.25) is 0 Å². The molecule has 0 nitrogen and oxygen atoms in total. The number of hydrogen-bond acceptors (Lipinski definition) is 0. The van der Waals surface area contributed by atoms with Crippen LogP contribution >= 0.6 is 0 Å². The molecular weight excluding hydrogens is 5660 g/mol. The normalized spacial score (nSPS) is 0. The molecule has 0 aromatic rings. The summed E-state index contributed by atoms with van der Waals surface area (Å²) in [5.41, 5.74) is 0. The maximum Gasteiger partial charge on any atom is 0 e. The Bertz CT molecular complexity index is 0. The van der Waals surface area contributed by atoms with E-state index in [9.17, 15) is 0 Å². The third-order valence-corrected chi connectivity index (χ3v) is 0. The fraction of sp³-hybridized carbons (Fsp3) is 0. The van der Waals surface area contributed by atoms with Gasteiger partial charge in [-0.2, -0.15) is 0 Å². The Morgan fingerprint density at radius 1 is 0.0345 bits per heavy atom. The molecule has 0 aliphatic heterocycles. The average molecular weight is 5660 g/mol. The van der Waals surface area contributed by atoms with Gasteiger partial charge in [-0.3, -0.25) is 0 Å². The second-order valence-electron chi connectivity index (χ2n) is 0.